The fraction of sp³-hybridized carbons (Fsp3) is 0.0952. The lowest BCUT2D eigenvalue weighted by Gasteiger charge is -2.05. The number of aryl methyl sites for hydroxylation is 1. The smallest absolute Gasteiger partial charge is 0.248 e. The predicted molar refractivity (Wildman–Crippen MR) is 107 cm³/mol. The van der Waals surface area contributed by atoms with Crippen molar-refractivity contribution in [3.05, 3.63) is 90.0 Å². The van der Waals surface area contributed by atoms with Crippen LogP contribution in [0.2, 0.25) is 0 Å². The molecule has 0 radical (unpaired) electrons. The Bertz CT molecular complexity index is 893. The molecule has 5 heteroatoms. The Morgan fingerprint density at radius 1 is 1.12 bits per heavy atom. The van der Waals surface area contributed by atoms with Crippen molar-refractivity contribution in [2.24, 2.45) is 0 Å². The predicted octanol–water partition coefficient (Wildman–Crippen LogP) is 4.73. The summed E-state index contributed by atoms with van der Waals surface area (Å²) >= 11 is 1.74. The summed E-state index contributed by atoms with van der Waals surface area (Å²) in [6.07, 6.45) is 8.59. The molecule has 0 unspecified atom stereocenters. The third-order valence-electron chi connectivity index (χ3n) is 3.69. The number of carbonyl (C=O) groups excluding carboxylic acids is 1. The van der Waals surface area contributed by atoms with Crippen molar-refractivity contribution in [3.63, 3.8) is 0 Å². The van der Waals surface area contributed by atoms with Crippen LogP contribution in [0.15, 0.2) is 78.1 Å². The molecule has 1 aromatic carbocycles. The zero-order chi connectivity index (χ0) is 18.2. The number of amides is 1. The molecule has 0 aliphatic carbocycles. The molecule has 130 valence electrons. The van der Waals surface area contributed by atoms with Gasteiger partial charge < -0.3 is 5.32 Å². The zero-order valence-corrected chi connectivity index (χ0v) is 15.2. The normalized spacial score (nSPS) is 10.8. The van der Waals surface area contributed by atoms with Crippen LogP contribution >= 0.6 is 11.8 Å². The summed E-state index contributed by atoms with van der Waals surface area (Å²) in [4.78, 5) is 21.6. The number of nitrogens with zero attached hydrogens (tertiary/aromatic N) is 2. The van der Waals surface area contributed by atoms with Gasteiger partial charge in [-0.15, -0.1) is 11.8 Å². The highest BCUT2D eigenvalue weighted by Crippen LogP contribution is 2.23. The molecular formula is C21H19N3OS. The molecule has 2 aromatic heterocycles. The lowest BCUT2D eigenvalue weighted by molar-refractivity contribution is -0.111. The van der Waals surface area contributed by atoms with E-state index in [0.717, 1.165) is 27.6 Å². The van der Waals surface area contributed by atoms with E-state index in [2.05, 4.69) is 21.4 Å². The Hall–Kier alpha value is -2.92. The van der Waals surface area contributed by atoms with Crippen molar-refractivity contribution in [3.8, 4) is 0 Å². The van der Waals surface area contributed by atoms with Crippen molar-refractivity contribution in [1.82, 2.24) is 9.97 Å². The molecule has 2 heterocycles. The first-order valence-electron chi connectivity index (χ1n) is 8.23. The van der Waals surface area contributed by atoms with Crippen molar-refractivity contribution >= 4 is 29.4 Å². The molecule has 0 atom stereocenters. The standard InChI is InChI=1S/C21H19N3OS/c1-16-4-2-13-23-20(16)10-11-21(25)24-18-6-8-19(9-7-18)26-15-17-5-3-12-22-14-17/h2-14H,15H2,1H3,(H,24,25)/b11-10+. The SMILES string of the molecule is Cc1cccnc1/C=C/C(=O)Nc1ccc(SCc2cccnc2)cc1. The molecule has 0 bridgehead atoms. The highest BCUT2D eigenvalue weighted by molar-refractivity contribution is 7.98. The van der Waals surface area contributed by atoms with Crippen molar-refractivity contribution in [1.29, 1.82) is 0 Å². The van der Waals surface area contributed by atoms with E-state index in [1.54, 1.807) is 30.2 Å². The van der Waals surface area contributed by atoms with E-state index in [1.165, 1.54) is 11.6 Å². The molecule has 0 saturated carbocycles. The average Bonchev–Trinajstić information content (AvgIpc) is 2.68. The molecule has 0 spiro atoms. The lowest BCUT2D eigenvalue weighted by Crippen LogP contribution is -2.07. The van der Waals surface area contributed by atoms with E-state index in [9.17, 15) is 4.79 Å². The van der Waals surface area contributed by atoms with Gasteiger partial charge in [-0.2, -0.15) is 0 Å². The Morgan fingerprint density at radius 3 is 2.65 bits per heavy atom. The van der Waals surface area contributed by atoms with E-state index in [-0.39, 0.29) is 5.91 Å². The average molecular weight is 361 g/mol. The number of pyridine rings is 2. The van der Waals surface area contributed by atoms with Crippen LogP contribution in [0.1, 0.15) is 16.8 Å². The topological polar surface area (TPSA) is 54.9 Å². The Morgan fingerprint density at radius 2 is 1.92 bits per heavy atom. The van der Waals surface area contributed by atoms with Gasteiger partial charge in [-0.1, -0.05) is 12.1 Å². The number of rotatable bonds is 6. The maximum atomic E-state index is 12.1. The lowest BCUT2D eigenvalue weighted by atomic mass is 10.2. The van der Waals surface area contributed by atoms with E-state index in [4.69, 9.17) is 0 Å². The monoisotopic (exact) mass is 361 g/mol. The van der Waals surface area contributed by atoms with Gasteiger partial charge in [0.05, 0.1) is 5.69 Å². The highest BCUT2D eigenvalue weighted by Gasteiger charge is 2.01. The van der Waals surface area contributed by atoms with Gasteiger partial charge in [0.1, 0.15) is 0 Å². The summed E-state index contributed by atoms with van der Waals surface area (Å²) in [6.45, 7) is 1.96. The molecule has 1 amide bonds. The van der Waals surface area contributed by atoms with E-state index >= 15 is 0 Å². The van der Waals surface area contributed by atoms with Gasteiger partial charge in [-0.3, -0.25) is 14.8 Å². The molecule has 0 aliphatic heterocycles. The number of carbonyl (C=O) groups is 1. The third kappa shape index (κ3) is 5.29. The Balaban J connectivity index is 1.53. The summed E-state index contributed by atoms with van der Waals surface area (Å²) in [5, 5.41) is 2.86. The highest BCUT2D eigenvalue weighted by atomic mass is 32.2. The molecule has 3 rings (SSSR count). The number of thioether (sulfide) groups is 1. The van der Waals surface area contributed by atoms with E-state index < -0.39 is 0 Å². The minimum atomic E-state index is -0.175. The van der Waals surface area contributed by atoms with Gasteiger partial charge in [0.2, 0.25) is 5.91 Å². The van der Waals surface area contributed by atoms with E-state index in [0.29, 0.717) is 0 Å². The van der Waals surface area contributed by atoms with Gasteiger partial charge >= 0.3 is 0 Å². The number of aromatic nitrogens is 2. The minimum Gasteiger partial charge on any atom is -0.323 e. The molecule has 0 fully saturated rings. The van der Waals surface area contributed by atoms with Gasteiger partial charge in [-0.25, -0.2) is 0 Å². The Kier molecular flexibility index (Phi) is 6.17. The van der Waals surface area contributed by atoms with E-state index in [1.807, 2.05) is 55.6 Å². The summed E-state index contributed by atoms with van der Waals surface area (Å²) in [5.74, 6) is 0.692. The number of benzene rings is 1. The summed E-state index contributed by atoms with van der Waals surface area (Å²) < 4.78 is 0. The van der Waals surface area contributed by atoms with Crippen LogP contribution in [0, 0.1) is 6.92 Å². The second-order valence-corrected chi connectivity index (χ2v) is 6.75. The number of hydrogen-bond donors (Lipinski definition) is 1. The minimum absolute atomic E-state index is 0.175. The van der Waals surface area contributed by atoms with Crippen LogP contribution in [0.4, 0.5) is 5.69 Å². The van der Waals surface area contributed by atoms with Gasteiger partial charge in [0, 0.05) is 41.0 Å². The maximum absolute atomic E-state index is 12.1. The molecule has 0 aliphatic rings. The Labute approximate surface area is 157 Å². The fourth-order valence-electron chi connectivity index (χ4n) is 2.30. The van der Waals surface area contributed by atoms with Crippen molar-refractivity contribution in [2.75, 3.05) is 5.32 Å². The number of hydrogen-bond acceptors (Lipinski definition) is 4. The van der Waals surface area contributed by atoms with Crippen LogP contribution in [0.25, 0.3) is 6.08 Å². The van der Waals surface area contributed by atoms with Crippen LogP contribution in [0.3, 0.4) is 0 Å². The second kappa shape index (κ2) is 8.97. The van der Waals surface area contributed by atoms with Gasteiger partial charge in [-0.05, 0) is 60.5 Å². The molecule has 3 aromatic rings. The number of nitrogens with one attached hydrogen (secondary N) is 1. The van der Waals surface area contributed by atoms with Crippen molar-refractivity contribution in [2.45, 2.75) is 17.6 Å². The third-order valence-corrected chi connectivity index (χ3v) is 4.78. The molecule has 1 N–H and O–H groups in total. The largest absolute Gasteiger partial charge is 0.323 e. The second-order valence-electron chi connectivity index (χ2n) is 5.70. The summed E-state index contributed by atoms with van der Waals surface area (Å²) in [6, 6.07) is 15.7. The van der Waals surface area contributed by atoms with Gasteiger partial charge in [0.15, 0.2) is 0 Å². The van der Waals surface area contributed by atoms with Crippen LogP contribution in [-0.4, -0.2) is 15.9 Å². The zero-order valence-electron chi connectivity index (χ0n) is 14.4. The van der Waals surface area contributed by atoms with Crippen LogP contribution < -0.4 is 5.32 Å². The van der Waals surface area contributed by atoms with Crippen LogP contribution in [0.5, 0.6) is 0 Å². The summed E-state index contributed by atoms with van der Waals surface area (Å²) in [5.41, 5.74) is 3.78. The molecular weight excluding hydrogens is 342 g/mol. The number of anilines is 1. The molecule has 26 heavy (non-hydrogen) atoms. The first-order chi connectivity index (χ1) is 12.7. The molecule has 0 saturated heterocycles. The quantitative estimate of drug-likeness (QED) is 0.509. The molecule has 4 nitrogen and oxygen atoms in total. The van der Waals surface area contributed by atoms with Gasteiger partial charge in [0.25, 0.3) is 0 Å². The maximum Gasteiger partial charge on any atom is 0.248 e. The summed E-state index contributed by atoms with van der Waals surface area (Å²) in [7, 11) is 0. The first-order valence-corrected chi connectivity index (χ1v) is 9.22. The fourth-order valence-corrected chi connectivity index (χ4v) is 3.13. The van der Waals surface area contributed by atoms with Crippen molar-refractivity contribution < 1.29 is 4.79 Å². The van der Waals surface area contributed by atoms with Crippen LogP contribution in [-0.2, 0) is 10.5 Å². The first kappa shape index (κ1) is 17.9.